The van der Waals surface area contributed by atoms with Crippen molar-refractivity contribution in [3.63, 3.8) is 0 Å². The Morgan fingerprint density at radius 2 is 2.00 bits per heavy atom. The van der Waals surface area contributed by atoms with Gasteiger partial charge in [-0.2, -0.15) is 5.10 Å². The van der Waals surface area contributed by atoms with Gasteiger partial charge >= 0.3 is 5.97 Å². The predicted molar refractivity (Wildman–Crippen MR) is 75.2 cm³/mol. The zero-order valence-corrected chi connectivity index (χ0v) is 12.5. The van der Waals surface area contributed by atoms with Crippen molar-refractivity contribution in [2.75, 3.05) is 25.4 Å². The van der Waals surface area contributed by atoms with E-state index in [1.54, 1.807) is 20.9 Å². The number of nitrogens with zero attached hydrogens (tertiary/aromatic N) is 3. The summed E-state index contributed by atoms with van der Waals surface area (Å²) < 4.78 is 6.32. The number of hydrogen-bond acceptors (Lipinski definition) is 5. The first-order valence-electron chi connectivity index (χ1n) is 6.72. The van der Waals surface area contributed by atoms with Crippen molar-refractivity contribution in [3.05, 3.63) is 11.4 Å². The number of ether oxygens (including phenoxy) is 1. The van der Waals surface area contributed by atoms with E-state index in [2.05, 4.69) is 5.10 Å². The molecular formula is C13H22N4O3. The maximum Gasteiger partial charge on any atom is 0.325 e. The van der Waals surface area contributed by atoms with Crippen molar-refractivity contribution in [1.29, 1.82) is 0 Å². The number of nitrogens with two attached hydrogens (primary N) is 1. The van der Waals surface area contributed by atoms with Crippen LogP contribution in [0.5, 0.6) is 0 Å². The van der Waals surface area contributed by atoms with E-state index >= 15 is 0 Å². The van der Waals surface area contributed by atoms with Gasteiger partial charge < -0.3 is 15.4 Å². The number of likely N-dealkylation sites (N-methyl/N-ethyl adjacent to an activating group) is 1. The summed E-state index contributed by atoms with van der Waals surface area (Å²) in [6.07, 6.45) is 0.650. The van der Waals surface area contributed by atoms with Crippen molar-refractivity contribution >= 4 is 17.6 Å². The van der Waals surface area contributed by atoms with Crippen LogP contribution >= 0.6 is 0 Å². The van der Waals surface area contributed by atoms with Gasteiger partial charge in [0.15, 0.2) is 0 Å². The lowest BCUT2D eigenvalue weighted by molar-refractivity contribution is -0.143. The highest BCUT2D eigenvalue weighted by atomic mass is 16.5. The maximum absolute atomic E-state index is 12.5. The molecule has 1 aromatic heterocycles. The number of anilines is 1. The van der Waals surface area contributed by atoms with Gasteiger partial charge in [-0.05, 0) is 20.3 Å². The summed E-state index contributed by atoms with van der Waals surface area (Å²) in [7, 11) is 1.67. The van der Waals surface area contributed by atoms with E-state index in [9.17, 15) is 9.59 Å². The lowest BCUT2D eigenvalue weighted by atomic mass is 10.2. The van der Waals surface area contributed by atoms with Crippen molar-refractivity contribution in [2.45, 2.75) is 27.2 Å². The molecule has 7 heteroatoms. The zero-order chi connectivity index (χ0) is 15.3. The Morgan fingerprint density at radius 3 is 2.45 bits per heavy atom. The number of aromatic nitrogens is 2. The number of hydrogen-bond donors (Lipinski definition) is 1. The first kappa shape index (κ1) is 16.0. The van der Waals surface area contributed by atoms with Crippen LogP contribution in [0.4, 0.5) is 5.69 Å². The summed E-state index contributed by atoms with van der Waals surface area (Å²) in [5.74, 6) is -0.744. The SMILES string of the molecule is CCOC(=O)CN(CC)C(=O)c1c(N)c(CC)nn1C. The first-order valence-corrected chi connectivity index (χ1v) is 6.72. The minimum atomic E-state index is -0.431. The number of carbonyl (C=O) groups is 2. The highest BCUT2D eigenvalue weighted by Gasteiger charge is 2.25. The van der Waals surface area contributed by atoms with E-state index in [-0.39, 0.29) is 12.5 Å². The minimum Gasteiger partial charge on any atom is -0.465 e. The van der Waals surface area contributed by atoms with Gasteiger partial charge in [0.2, 0.25) is 0 Å². The summed E-state index contributed by atoms with van der Waals surface area (Å²) >= 11 is 0. The molecule has 0 aromatic carbocycles. The average molecular weight is 282 g/mol. The van der Waals surface area contributed by atoms with Crippen LogP contribution in [-0.2, 0) is 23.0 Å². The Bertz CT molecular complexity index is 496. The molecule has 0 saturated carbocycles. The van der Waals surface area contributed by atoms with Gasteiger partial charge in [0.05, 0.1) is 18.0 Å². The van der Waals surface area contributed by atoms with Crippen molar-refractivity contribution in [2.24, 2.45) is 7.05 Å². The Hall–Kier alpha value is -2.05. The average Bonchev–Trinajstić information content (AvgIpc) is 2.70. The minimum absolute atomic E-state index is 0.0880. The molecule has 112 valence electrons. The van der Waals surface area contributed by atoms with Gasteiger partial charge in [0, 0.05) is 13.6 Å². The number of carbonyl (C=O) groups excluding carboxylic acids is 2. The van der Waals surface area contributed by atoms with E-state index < -0.39 is 5.97 Å². The molecule has 20 heavy (non-hydrogen) atoms. The van der Waals surface area contributed by atoms with E-state index in [0.29, 0.717) is 36.6 Å². The number of amides is 1. The largest absolute Gasteiger partial charge is 0.465 e. The standard InChI is InChI=1S/C13H22N4O3/c1-5-9-11(14)12(16(4)15-9)13(19)17(6-2)8-10(18)20-7-3/h5-8,14H2,1-4H3. The fourth-order valence-electron chi connectivity index (χ4n) is 1.95. The van der Waals surface area contributed by atoms with E-state index in [4.69, 9.17) is 10.5 Å². The van der Waals surface area contributed by atoms with Crippen LogP contribution in [0, 0.1) is 0 Å². The highest BCUT2D eigenvalue weighted by molar-refractivity contribution is 5.99. The van der Waals surface area contributed by atoms with Crippen molar-refractivity contribution in [3.8, 4) is 0 Å². The van der Waals surface area contributed by atoms with Crippen molar-refractivity contribution < 1.29 is 14.3 Å². The van der Waals surface area contributed by atoms with Crippen LogP contribution in [0.25, 0.3) is 0 Å². The van der Waals surface area contributed by atoms with Gasteiger partial charge in [-0.15, -0.1) is 0 Å². The normalized spacial score (nSPS) is 10.4. The molecule has 1 heterocycles. The van der Waals surface area contributed by atoms with Crippen molar-refractivity contribution in [1.82, 2.24) is 14.7 Å². The summed E-state index contributed by atoms with van der Waals surface area (Å²) in [5, 5.41) is 4.21. The lowest BCUT2D eigenvalue weighted by Gasteiger charge is -2.20. The first-order chi connectivity index (χ1) is 9.46. The molecule has 0 aliphatic rings. The van der Waals surface area contributed by atoms with Gasteiger partial charge in [-0.1, -0.05) is 6.92 Å². The zero-order valence-electron chi connectivity index (χ0n) is 12.5. The molecule has 2 N–H and O–H groups in total. The van der Waals surface area contributed by atoms with E-state index in [0.717, 1.165) is 0 Å². The number of nitrogen functional groups attached to an aromatic ring is 1. The second-order valence-electron chi connectivity index (χ2n) is 4.31. The maximum atomic E-state index is 12.5. The monoisotopic (exact) mass is 282 g/mol. The number of esters is 1. The summed E-state index contributed by atoms with van der Waals surface area (Å²) in [5.41, 5.74) is 7.32. The molecule has 0 aliphatic heterocycles. The molecule has 0 bridgehead atoms. The molecular weight excluding hydrogens is 260 g/mol. The fraction of sp³-hybridized carbons (Fsp3) is 0.615. The number of aryl methyl sites for hydroxylation is 2. The molecule has 0 spiro atoms. The van der Waals surface area contributed by atoms with Crippen LogP contribution < -0.4 is 5.73 Å². The van der Waals surface area contributed by atoms with E-state index in [1.165, 1.54) is 9.58 Å². The van der Waals surface area contributed by atoms with Crippen LogP contribution in [0.15, 0.2) is 0 Å². The molecule has 1 aromatic rings. The Morgan fingerprint density at radius 1 is 1.35 bits per heavy atom. The molecule has 1 amide bonds. The van der Waals surface area contributed by atoms with Crippen LogP contribution in [0.1, 0.15) is 37.0 Å². The Kier molecular flexibility index (Phi) is 5.54. The van der Waals surface area contributed by atoms with Gasteiger partial charge in [0.1, 0.15) is 12.2 Å². The molecule has 0 atom stereocenters. The van der Waals surface area contributed by atoms with Crippen LogP contribution in [0.3, 0.4) is 0 Å². The second-order valence-corrected chi connectivity index (χ2v) is 4.31. The van der Waals surface area contributed by atoms with Gasteiger partial charge in [-0.25, -0.2) is 0 Å². The second kappa shape index (κ2) is 6.93. The topological polar surface area (TPSA) is 90.4 Å². The summed E-state index contributed by atoms with van der Waals surface area (Å²) in [4.78, 5) is 25.4. The van der Waals surface area contributed by atoms with Gasteiger partial charge in [-0.3, -0.25) is 14.3 Å². The van der Waals surface area contributed by atoms with E-state index in [1.807, 2.05) is 6.92 Å². The quantitative estimate of drug-likeness (QED) is 0.771. The Labute approximate surface area is 118 Å². The lowest BCUT2D eigenvalue weighted by Crippen LogP contribution is -2.37. The molecule has 0 unspecified atom stereocenters. The fourth-order valence-corrected chi connectivity index (χ4v) is 1.95. The third kappa shape index (κ3) is 3.28. The third-order valence-corrected chi connectivity index (χ3v) is 2.99. The summed E-state index contributed by atoms with van der Waals surface area (Å²) in [6, 6.07) is 0. The molecule has 1 rings (SSSR count). The molecule has 0 saturated heterocycles. The van der Waals surface area contributed by atoms with Crippen LogP contribution in [0.2, 0.25) is 0 Å². The van der Waals surface area contributed by atoms with Crippen LogP contribution in [-0.4, -0.2) is 46.3 Å². The number of rotatable bonds is 6. The smallest absolute Gasteiger partial charge is 0.325 e. The predicted octanol–water partition coefficient (Wildman–Crippen LogP) is 0.590. The molecule has 0 aliphatic carbocycles. The van der Waals surface area contributed by atoms with Gasteiger partial charge in [0.25, 0.3) is 5.91 Å². The molecule has 0 fully saturated rings. The molecule has 0 radical (unpaired) electrons. The third-order valence-electron chi connectivity index (χ3n) is 2.99. The Balaban J connectivity index is 2.97. The molecule has 7 nitrogen and oxygen atoms in total. The summed E-state index contributed by atoms with van der Waals surface area (Å²) in [6.45, 7) is 6.04. The highest BCUT2D eigenvalue weighted by Crippen LogP contribution is 2.18.